The largest absolute Gasteiger partial charge is 0.481 e. The van der Waals surface area contributed by atoms with Crippen LogP contribution in [0.5, 0.6) is 0 Å². The standard InChI is InChI=1S/C16H30N2O3/c1-5-8-13(3)17(4)15(21)18-11-7-10-16(12-18,9-6-2)14(19)20/h13H,5-12H2,1-4H3,(H,19,20). The van der Waals surface area contributed by atoms with Crippen LogP contribution in [0, 0.1) is 5.41 Å². The SMILES string of the molecule is CCCC(C)N(C)C(=O)N1CCCC(CCC)(C(=O)O)C1. The smallest absolute Gasteiger partial charge is 0.320 e. The summed E-state index contributed by atoms with van der Waals surface area (Å²) in [7, 11) is 1.82. The van der Waals surface area contributed by atoms with Crippen LogP contribution in [0.2, 0.25) is 0 Å². The van der Waals surface area contributed by atoms with Crippen LogP contribution in [0.25, 0.3) is 0 Å². The molecule has 122 valence electrons. The highest BCUT2D eigenvalue weighted by Gasteiger charge is 2.43. The molecule has 5 heteroatoms. The summed E-state index contributed by atoms with van der Waals surface area (Å²) >= 11 is 0. The molecule has 1 heterocycles. The van der Waals surface area contributed by atoms with Crippen LogP contribution < -0.4 is 0 Å². The van der Waals surface area contributed by atoms with Crippen LogP contribution >= 0.6 is 0 Å². The summed E-state index contributed by atoms with van der Waals surface area (Å²) in [6.07, 6.45) is 4.92. The summed E-state index contributed by atoms with van der Waals surface area (Å²) in [6, 6.07) is 0.159. The fourth-order valence-electron chi connectivity index (χ4n) is 3.28. The Hall–Kier alpha value is -1.26. The average Bonchev–Trinajstić information content (AvgIpc) is 2.46. The lowest BCUT2D eigenvalue weighted by Gasteiger charge is -2.42. The third-order valence-corrected chi connectivity index (χ3v) is 4.70. The maximum absolute atomic E-state index is 12.6. The van der Waals surface area contributed by atoms with Gasteiger partial charge in [0.25, 0.3) is 0 Å². The van der Waals surface area contributed by atoms with Crippen molar-refractivity contribution >= 4 is 12.0 Å². The summed E-state index contributed by atoms with van der Waals surface area (Å²) in [6.45, 7) is 7.16. The summed E-state index contributed by atoms with van der Waals surface area (Å²) < 4.78 is 0. The number of rotatable bonds is 6. The number of hydrogen-bond donors (Lipinski definition) is 1. The Morgan fingerprint density at radius 3 is 2.52 bits per heavy atom. The van der Waals surface area contributed by atoms with Crippen LogP contribution in [0.4, 0.5) is 4.79 Å². The van der Waals surface area contributed by atoms with E-state index in [1.165, 1.54) is 0 Å². The minimum absolute atomic E-state index is 0.0302. The molecule has 2 unspecified atom stereocenters. The van der Waals surface area contributed by atoms with Gasteiger partial charge in [-0.1, -0.05) is 26.7 Å². The van der Waals surface area contributed by atoms with Gasteiger partial charge >= 0.3 is 12.0 Å². The zero-order valence-electron chi connectivity index (χ0n) is 13.9. The maximum Gasteiger partial charge on any atom is 0.320 e. The lowest BCUT2D eigenvalue weighted by Crippen LogP contribution is -2.54. The summed E-state index contributed by atoms with van der Waals surface area (Å²) in [4.78, 5) is 27.8. The van der Waals surface area contributed by atoms with Gasteiger partial charge in [0.15, 0.2) is 0 Å². The molecule has 5 nitrogen and oxygen atoms in total. The van der Waals surface area contributed by atoms with Crippen molar-refractivity contribution in [1.29, 1.82) is 0 Å². The Morgan fingerprint density at radius 2 is 2.00 bits per heavy atom. The predicted octanol–water partition coefficient (Wildman–Crippen LogP) is 3.19. The molecule has 1 saturated heterocycles. The Labute approximate surface area is 128 Å². The highest BCUT2D eigenvalue weighted by Crippen LogP contribution is 2.35. The number of carbonyl (C=O) groups is 2. The molecule has 0 aromatic heterocycles. The number of nitrogens with zero attached hydrogens (tertiary/aromatic N) is 2. The first kappa shape index (κ1) is 17.8. The molecule has 0 aliphatic carbocycles. The van der Waals surface area contributed by atoms with Gasteiger partial charge in [-0.3, -0.25) is 4.79 Å². The number of carboxylic acid groups (broad SMARTS) is 1. The number of amides is 2. The average molecular weight is 298 g/mol. The van der Waals surface area contributed by atoms with E-state index < -0.39 is 11.4 Å². The minimum atomic E-state index is -0.758. The topological polar surface area (TPSA) is 60.9 Å². The van der Waals surface area contributed by atoms with Gasteiger partial charge in [0.1, 0.15) is 0 Å². The van der Waals surface area contributed by atoms with Crippen LogP contribution in [-0.4, -0.2) is 53.1 Å². The number of urea groups is 1. The third kappa shape index (κ3) is 4.11. The number of piperidine rings is 1. The molecule has 0 saturated carbocycles. The normalized spacial score (nSPS) is 23.7. The van der Waals surface area contributed by atoms with E-state index in [0.717, 1.165) is 25.7 Å². The Balaban J connectivity index is 2.79. The van der Waals surface area contributed by atoms with Crippen LogP contribution in [0.15, 0.2) is 0 Å². The summed E-state index contributed by atoms with van der Waals surface area (Å²) in [5, 5.41) is 9.60. The Kier molecular flexibility index (Phi) is 6.49. The monoisotopic (exact) mass is 298 g/mol. The molecule has 1 N–H and O–H groups in total. The molecule has 0 bridgehead atoms. The summed E-state index contributed by atoms with van der Waals surface area (Å²) in [5.74, 6) is -0.758. The van der Waals surface area contributed by atoms with Gasteiger partial charge in [-0.05, 0) is 32.6 Å². The highest BCUT2D eigenvalue weighted by molar-refractivity contribution is 5.79. The van der Waals surface area contributed by atoms with E-state index in [4.69, 9.17) is 0 Å². The molecule has 1 fully saturated rings. The number of aliphatic carboxylic acids is 1. The number of likely N-dealkylation sites (tertiary alicyclic amines) is 1. The molecule has 2 amide bonds. The lowest BCUT2D eigenvalue weighted by atomic mass is 9.76. The van der Waals surface area contributed by atoms with E-state index in [2.05, 4.69) is 6.92 Å². The second kappa shape index (κ2) is 7.66. The van der Waals surface area contributed by atoms with Crippen LogP contribution in [-0.2, 0) is 4.79 Å². The van der Waals surface area contributed by atoms with E-state index in [9.17, 15) is 14.7 Å². The number of hydrogen-bond acceptors (Lipinski definition) is 2. The number of carboxylic acids is 1. The number of carbonyl (C=O) groups excluding carboxylic acids is 1. The van der Waals surface area contributed by atoms with Crippen molar-refractivity contribution in [2.24, 2.45) is 5.41 Å². The molecular weight excluding hydrogens is 268 g/mol. The second-order valence-corrected chi connectivity index (χ2v) is 6.39. The van der Waals surface area contributed by atoms with Gasteiger partial charge in [-0.2, -0.15) is 0 Å². The van der Waals surface area contributed by atoms with Crippen molar-refractivity contribution < 1.29 is 14.7 Å². The molecule has 21 heavy (non-hydrogen) atoms. The molecule has 1 aliphatic rings. The van der Waals surface area contributed by atoms with Crippen molar-refractivity contribution in [3.05, 3.63) is 0 Å². The van der Waals surface area contributed by atoms with Gasteiger partial charge in [0, 0.05) is 26.2 Å². The van der Waals surface area contributed by atoms with Crippen molar-refractivity contribution in [2.75, 3.05) is 20.1 Å². The molecule has 0 aromatic carbocycles. The fourth-order valence-corrected chi connectivity index (χ4v) is 3.28. The van der Waals surface area contributed by atoms with Crippen molar-refractivity contribution in [3.8, 4) is 0 Å². The quantitative estimate of drug-likeness (QED) is 0.819. The van der Waals surface area contributed by atoms with E-state index in [0.29, 0.717) is 25.9 Å². The summed E-state index contributed by atoms with van der Waals surface area (Å²) in [5.41, 5.74) is -0.752. The van der Waals surface area contributed by atoms with Gasteiger partial charge in [0.2, 0.25) is 0 Å². The lowest BCUT2D eigenvalue weighted by molar-refractivity contribution is -0.152. The highest BCUT2D eigenvalue weighted by atomic mass is 16.4. The first-order valence-electron chi connectivity index (χ1n) is 8.13. The van der Waals surface area contributed by atoms with Crippen LogP contribution in [0.3, 0.4) is 0 Å². The third-order valence-electron chi connectivity index (χ3n) is 4.70. The zero-order chi connectivity index (χ0) is 16.0. The van der Waals surface area contributed by atoms with Crippen LogP contribution in [0.1, 0.15) is 59.3 Å². The van der Waals surface area contributed by atoms with Gasteiger partial charge in [0.05, 0.1) is 5.41 Å². The first-order valence-corrected chi connectivity index (χ1v) is 8.13. The molecule has 1 rings (SSSR count). The van der Waals surface area contributed by atoms with E-state index in [-0.39, 0.29) is 12.1 Å². The van der Waals surface area contributed by atoms with Gasteiger partial charge < -0.3 is 14.9 Å². The van der Waals surface area contributed by atoms with E-state index >= 15 is 0 Å². The first-order chi connectivity index (χ1) is 9.88. The minimum Gasteiger partial charge on any atom is -0.481 e. The predicted molar refractivity (Wildman–Crippen MR) is 83.3 cm³/mol. The van der Waals surface area contributed by atoms with Crippen molar-refractivity contribution in [2.45, 2.75) is 65.3 Å². The molecule has 0 radical (unpaired) electrons. The zero-order valence-corrected chi connectivity index (χ0v) is 13.9. The van der Waals surface area contributed by atoms with Gasteiger partial charge in [-0.15, -0.1) is 0 Å². The second-order valence-electron chi connectivity index (χ2n) is 6.39. The molecule has 0 aromatic rings. The molecular formula is C16H30N2O3. The van der Waals surface area contributed by atoms with E-state index in [1.807, 2.05) is 20.9 Å². The van der Waals surface area contributed by atoms with Crippen molar-refractivity contribution in [3.63, 3.8) is 0 Å². The molecule has 0 spiro atoms. The Morgan fingerprint density at radius 1 is 1.33 bits per heavy atom. The van der Waals surface area contributed by atoms with E-state index in [1.54, 1.807) is 9.80 Å². The fraction of sp³-hybridized carbons (Fsp3) is 0.875. The Bertz CT molecular complexity index is 369. The molecule has 1 aliphatic heterocycles. The van der Waals surface area contributed by atoms with Crippen molar-refractivity contribution in [1.82, 2.24) is 9.80 Å². The van der Waals surface area contributed by atoms with Gasteiger partial charge in [-0.25, -0.2) is 4.79 Å². The maximum atomic E-state index is 12.6. The molecule has 2 atom stereocenters.